The Morgan fingerprint density at radius 2 is 1.55 bits per heavy atom. The van der Waals surface area contributed by atoms with Crippen molar-refractivity contribution in [2.45, 2.75) is 48.1 Å². The van der Waals surface area contributed by atoms with E-state index in [0.29, 0.717) is 27.9 Å². The minimum absolute atomic E-state index is 0.0189. The fourth-order valence-corrected chi connectivity index (χ4v) is 7.93. The first-order valence-electron chi connectivity index (χ1n) is 15.6. The van der Waals surface area contributed by atoms with Crippen molar-refractivity contribution < 1.29 is 63.3 Å². The zero-order chi connectivity index (χ0) is 36.6. The molecule has 2 aliphatic rings. The molecule has 0 radical (unpaired) electrons. The number of carboxylic acids is 1. The van der Waals surface area contributed by atoms with Crippen LogP contribution in [0.3, 0.4) is 0 Å². The van der Waals surface area contributed by atoms with Crippen LogP contribution in [0.4, 0.5) is 10.1 Å². The summed E-state index contributed by atoms with van der Waals surface area (Å²) in [5, 5.41) is 50.9. The number of para-hydroxylation sites is 1. The van der Waals surface area contributed by atoms with Crippen molar-refractivity contribution in [3.63, 3.8) is 0 Å². The molecule has 0 spiro atoms. The average Bonchev–Trinajstić information content (AvgIpc) is 3.10. The Morgan fingerprint density at radius 1 is 0.902 bits per heavy atom. The van der Waals surface area contributed by atoms with Gasteiger partial charge in [-0.3, -0.25) is 9.36 Å². The number of carboxylic acid groups (broad SMARTS) is 1. The van der Waals surface area contributed by atoms with E-state index in [1.54, 1.807) is 42.5 Å². The molecule has 268 valence electrons. The maximum absolute atomic E-state index is 13.9. The van der Waals surface area contributed by atoms with Crippen LogP contribution in [0.15, 0.2) is 97.1 Å². The molecule has 1 amide bonds. The third-order valence-electron chi connectivity index (χ3n) is 8.75. The smallest absolute Gasteiger partial charge is 0.356 e. The number of nitrogens with zero attached hydrogens (tertiary/aromatic N) is 1. The highest BCUT2D eigenvalue weighted by molar-refractivity contribution is 8.00. The molecule has 2 saturated heterocycles. The number of thioether (sulfide) groups is 1. The van der Waals surface area contributed by atoms with E-state index in [0.717, 1.165) is 11.8 Å². The maximum atomic E-state index is 13.9. The molecule has 2 unspecified atom stereocenters. The molecule has 16 heteroatoms. The fourth-order valence-electron chi connectivity index (χ4n) is 6.03. The number of aliphatic hydroxyl groups is 3. The van der Waals surface area contributed by atoms with Gasteiger partial charge in [0.2, 0.25) is 5.91 Å². The molecule has 0 aliphatic carbocycles. The van der Waals surface area contributed by atoms with Gasteiger partial charge in [-0.05, 0) is 59.2 Å². The van der Waals surface area contributed by atoms with E-state index in [-0.39, 0.29) is 22.7 Å². The highest BCUT2D eigenvalue weighted by atomic mass is 32.2. The van der Waals surface area contributed by atoms with E-state index in [1.165, 1.54) is 59.5 Å². The lowest BCUT2D eigenvalue weighted by Crippen LogP contribution is -2.60. The van der Waals surface area contributed by atoms with E-state index >= 15 is 0 Å². The molecule has 7 N–H and O–H groups in total. The maximum Gasteiger partial charge on any atom is 0.356 e. The predicted octanol–water partition coefficient (Wildman–Crippen LogP) is 2.84. The highest BCUT2D eigenvalue weighted by Crippen LogP contribution is 2.49. The van der Waals surface area contributed by atoms with Crippen molar-refractivity contribution in [2.75, 3.05) is 10.7 Å². The first-order valence-corrected chi connectivity index (χ1v) is 18.2. The Hall–Kier alpha value is -4.15. The Balaban J connectivity index is 1.29. The molecule has 8 atom stereocenters. The van der Waals surface area contributed by atoms with Crippen LogP contribution in [-0.4, -0.2) is 88.9 Å². The van der Waals surface area contributed by atoms with Crippen LogP contribution in [0, 0.1) is 5.82 Å². The number of carbonyl (C=O) groups excluding carboxylic acids is 1. The van der Waals surface area contributed by atoms with Crippen LogP contribution >= 0.6 is 19.4 Å². The number of amides is 1. The second-order valence-electron chi connectivity index (χ2n) is 12.0. The summed E-state index contributed by atoms with van der Waals surface area (Å²) in [6, 6.07) is 23.7. The Morgan fingerprint density at radius 3 is 2.16 bits per heavy atom. The molecular weight excluding hydrogens is 708 g/mol. The third kappa shape index (κ3) is 7.58. The molecule has 2 aliphatic heterocycles. The Bertz CT molecular complexity index is 1930. The monoisotopic (exact) mass is 741 g/mol. The molecule has 2 heterocycles. The standard InChI is InChI=1S/C35H33FNO12PS/c36-21-11-6-19(7-12-21)26(48-35-30(41)28(39)29(40)31(49-35)34(43)44)17-51-32-27(37(33(32)42)22-4-2-1-3-5-22)24-15-10-20(16-25(24)38)18-8-13-23(14-9-18)50(45,46)47/h1-16,26-32,35,38-41H,17H2,(H,43,44)(H2,45,46,47)/t26-,27+,28-,29+,30?,31?,32+,35+/m0/s1. The summed E-state index contributed by atoms with van der Waals surface area (Å²) in [5.74, 6) is -2.61. The number of hydrogen-bond donors (Lipinski definition) is 7. The van der Waals surface area contributed by atoms with Crippen LogP contribution in [0.5, 0.6) is 5.75 Å². The van der Waals surface area contributed by atoms with Crippen molar-refractivity contribution >= 4 is 42.2 Å². The lowest BCUT2D eigenvalue weighted by molar-refractivity contribution is -0.303. The van der Waals surface area contributed by atoms with Gasteiger partial charge >= 0.3 is 13.6 Å². The average molecular weight is 742 g/mol. The SMILES string of the molecule is O=C(O)C1O[C@@H](O[C@@H](CS[C@H]2C(=O)N(c3ccccc3)[C@@H]2c2ccc(-c3ccc(P(=O)(O)O)cc3)cc2O)c2ccc(F)cc2)C(O)[C@@H](O)[C@H]1O. The number of phenols is 1. The van der Waals surface area contributed by atoms with E-state index in [4.69, 9.17) is 9.47 Å². The molecule has 13 nitrogen and oxygen atoms in total. The summed E-state index contributed by atoms with van der Waals surface area (Å²) in [6.45, 7) is 0. The van der Waals surface area contributed by atoms with Gasteiger partial charge < -0.3 is 49.7 Å². The minimum atomic E-state index is -4.45. The summed E-state index contributed by atoms with van der Waals surface area (Å²) in [7, 11) is -4.45. The molecule has 2 fully saturated rings. The van der Waals surface area contributed by atoms with Crippen molar-refractivity contribution in [3.8, 4) is 16.9 Å². The van der Waals surface area contributed by atoms with Gasteiger partial charge in [0, 0.05) is 17.0 Å². The Kier molecular flexibility index (Phi) is 10.7. The van der Waals surface area contributed by atoms with E-state index in [2.05, 4.69) is 0 Å². The fraction of sp³-hybridized carbons (Fsp3) is 0.257. The molecule has 0 bridgehead atoms. The van der Waals surface area contributed by atoms with Gasteiger partial charge in [-0.2, -0.15) is 0 Å². The van der Waals surface area contributed by atoms with Crippen molar-refractivity contribution in [1.29, 1.82) is 0 Å². The number of benzene rings is 4. The molecular formula is C35H33FNO12PS. The predicted molar refractivity (Wildman–Crippen MR) is 183 cm³/mol. The summed E-state index contributed by atoms with van der Waals surface area (Å²) >= 11 is 1.13. The zero-order valence-corrected chi connectivity index (χ0v) is 28.1. The van der Waals surface area contributed by atoms with E-state index in [1.807, 2.05) is 0 Å². The van der Waals surface area contributed by atoms with Gasteiger partial charge in [0.15, 0.2) is 12.4 Å². The first kappa shape index (κ1) is 36.6. The molecule has 4 aromatic carbocycles. The molecule has 4 aromatic rings. The van der Waals surface area contributed by atoms with Crippen molar-refractivity contribution in [3.05, 3.63) is 114 Å². The van der Waals surface area contributed by atoms with Gasteiger partial charge in [-0.25, -0.2) is 9.18 Å². The normalized spacial score (nSPS) is 25.6. The zero-order valence-electron chi connectivity index (χ0n) is 26.4. The molecule has 0 aromatic heterocycles. The van der Waals surface area contributed by atoms with Gasteiger partial charge in [0.05, 0.1) is 17.5 Å². The number of aromatic hydroxyl groups is 1. The topological polar surface area (TPSA) is 215 Å². The first-order chi connectivity index (χ1) is 24.2. The van der Waals surface area contributed by atoms with Crippen LogP contribution in [-0.2, 0) is 23.6 Å². The third-order valence-corrected chi connectivity index (χ3v) is 11.0. The number of β-lactam (4-membered cyclic amide) rings is 1. The van der Waals surface area contributed by atoms with Crippen molar-refractivity contribution in [2.24, 2.45) is 0 Å². The van der Waals surface area contributed by atoms with Gasteiger partial charge in [0.1, 0.15) is 35.1 Å². The molecule has 6 rings (SSSR count). The highest BCUT2D eigenvalue weighted by Gasteiger charge is 2.51. The number of anilines is 1. The van der Waals surface area contributed by atoms with Gasteiger partial charge in [-0.15, -0.1) is 11.8 Å². The molecule has 51 heavy (non-hydrogen) atoms. The Labute approximate surface area is 294 Å². The number of halogens is 1. The number of phenolic OH excluding ortho intramolecular Hbond substituents is 1. The lowest BCUT2D eigenvalue weighted by atomic mass is 9.90. The van der Waals surface area contributed by atoms with Crippen LogP contribution < -0.4 is 10.2 Å². The van der Waals surface area contributed by atoms with Crippen LogP contribution in [0.1, 0.15) is 23.3 Å². The van der Waals surface area contributed by atoms with E-state index in [9.17, 15) is 53.9 Å². The van der Waals surface area contributed by atoms with Crippen LogP contribution in [0.2, 0.25) is 0 Å². The number of carbonyl (C=O) groups is 2. The summed E-state index contributed by atoms with van der Waals surface area (Å²) in [4.78, 5) is 45.9. The summed E-state index contributed by atoms with van der Waals surface area (Å²) in [5.41, 5.74) is 2.49. The van der Waals surface area contributed by atoms with E-state index < -0.39 is 67.5 Å². The summed E-state index contributed by atoms with van der Waals surface area (Å²) < 4.78 is 36.8. The van der Waals surface area contributed by atoms with Gasteiger partial charge in [0.25, 0.3) is 0 Å². The number of ether oxygens (including phenoxy) is 2. The van der Waals surface area contributed by atoms with Crippen LogP contribution in [0.25, 0.3) is 11.1 Å². The lowest BCUT2D eigenvalue weighted by Gasteiger charge is -2.47. The molecule has 0 saturated carbocycles. The summed E-state index contributed by atoms with van der Waals surface area (Å²) in [6.07, 6.45) is -10.4. The number of hydrogen-bond acceptors (Lipinski definition) is 10. The quantitative estimate of drug-likeness (QED) is 0.0871. The largest absolute Gasteiger partial charge is 0.508 e. The number of aliphatic carboxylic acids is 1. The van der Waals surface area contributed by atoms with Gasteiger partial charge in [-0.1, -0.05) is 54.6 Å². The van der Waals surface area contributed by atoms with Crippen molar-refractivity contribution in [1.82, 2.24) is 0 Å². The number of rotatable bonds is 11. The minimum Gasteiger partial charge on any atom is -0.508 e. The second-order valence-corrected chi connectivity index (χ2v) is 14.8. The second kappa shape index (κ2) is 14.8. The number of aliphatic hydroxyl groups excluding tert-OH is 3.